The van der Waals surface area contributed by atoms with Crippen LogP contribution in [-0.2, 0) is 21.1 Å². The van der Waals surface area contributed by atoms with Gasteiger partial charge in [0.1, 0.15) is 0 Å². The van der Waals surface area contributed by atoms with E-state index < -0.39 is 0 Å². The van der Waals surface area contributed by atoms with Crippen LogP contribution >= 0.6 is 0 Å². The van der Waals surface area contributed by atoms with Crippen LogP contribution in [0.25, 0.3) is 0 Å². The van der Waals surface area contributed by atoms with Crippen molar-refractivity contribution in [2.45, 2.75) is 6.42 Å². The fourth-order valence-corrected chi connectivity index (χ4v) is 0.340. The summed E-state index contributed by atoms with van der Waals surface area (Å²) in [6, 6.07) is 0. The van der Waals surface area contributed by atoms with Crippen LogP contribution < -0.4 is 0 Å². The van der Waals surface area contributed by atoms with Crippen molar-refractivity contribution in [1.82, 2.24) is 0 Å². The topological polar surface area (TPSA) is 0 Å². The van der Waals surface area contributed by atoms with Gasteiger partial charge in [-0.25, -0.2) is 12.2 Å². The van der Waals surface area contributed by atoms with Gasteiger partial charge in [0, 0.05) is 21.1 Å². The second-order valence-electron chi connectivity index (χ2n) is 1.00. The van der Waals surface area contributed by atoms with Crippen LogP contribution in [0.3, 0.4) is 0 Å². The summed E-state index contributed by atoms with van der Waals surface area (Å²) < 4.78 is 0. The van der Waals surface area contributed by atoms with Gasteiger partial charge in [-0.05, 0) is 0 Å². The molecule has 1 rings (SSSR count). The van der Waals surface area contributed by atoms with Crippen LogP contribution in [0, 0.1) is 6.08 Å². The van der Waals surface area contributed by atoms with E-state index in [9.17, 15) is 0 Å². The fraction of sp³-hybridized carbons (Fsp3) is 0.200. The van der Waals surface area contributed by atoms with Gasteiger partial charge in [0.2, 0.25) is 0 Å². The van der Waals surface area contributed by atoms with E-state index in [0.717, 1.165) is 6.42 Å². The molecule has 0 aliphatic heterocycles. The Bertz CT molecular complexity index is 62.0. The molecule has 0 fully saturated rings. The first-order valence-electron chi connectivity index (χ1n) is 1.72. The van der Waals surface area contributed by atoms with Crippen LogP contribution in [0.5, 0.6) is 0 Å². The van der Waals surface area contributed by atoms with E-state index in [1.165, 1.54) is 0 Å². The van der Waals surface area contributed by atoms with E-state index in [-0.39, 0.29) is 21.1 Å². The molecule has 0 nitrogen and oxygen atoms in total. The SMILES string of the molecule is [C-]1=CC=CC1.[Mo]. The number of hydrogen-bond donors (Lipinski definition) is 0. The number of allylic oxidation sites excluding steroid dienone is 4. The third-order valence-electron chi connectivity index (χ3n) is 0.586. The Labute approximate surface area is 52.2 Å². The van der Waals surface area contributed by atoms with Crippen molar-refractivity contribution in [3.05, 3.63) is 24.3 Å². The zero-order valence-corrected chi connectivity index (χ0v) is 5.35. The van der Waals surface area contributed by atoms with E-state index in [1.807, 2.05) is 12.2 Å². The van der Waals surface area contributed by atoms with Crippen molar-refractivity contribution in [2.75, 3.05) is 0 Å². The molecule has 1 aliphatic carbocycles. The minimum atomic E-state index is 0. The van der Waals surface area contributed by atoms with Crippen LogP contribution in [0.4, 0.5) is 0 Å². The van der Waals surface area contributed by atoms with Crippen molar-refractivity contribution >= 4 is 0 Å². The van der Waals surface area contributed by atoms with Gasteiger partial charge in [-0.2, -0.15) is 6.08 Å². The summed E-state index contributed by atoms with van der Waals surface area (Å²) in [7, 11) is 0. The second kappa shape index (κ2) is 3.36. The van der Waals surface area contributed by atoms with Crippen LogP contribution in [0.15, 0.2) is 18.2 Å². The van der Waals surface area contributed by atoms with Crippen molar-refractivity contribution in [3.63, 3.8) is 0 Å². The Kier molecular flexibility index (Phi) is 3.46. The summed E-state index contributed by atoms with van der Waals surface area (Å²) in [6.07, 6.45) is 10.0. The van der Waals surface area contributed by atoms with Gasteiger partial charge in [0.25, 0.3) is 0 Å². The van der Waals surface area contributed by atoms with Crippen molar-refractivity contribution < 1.29 is 21.1 Å². The molecule has 0 saturated heterocycles. The summed E-state index contributed by atoms with van der Waals surface area (Å²) >= 11 is 0. The summed E-state index contributed by atoms with van der Waals surface area (Å²) in [5.74, 6) is 0. The summed E-state index contributed by atoms with van der Waals surface area (Å²) in [5, 5.41) is 0. The van der Waals surface area contributed by atoms with E-state index in [4.69, 9.17) is 0 Å². The maximum absolute atomic E-state index is 2.99. The summed E-state index contributed by atoms with van der Waals surface area (Å²) in [6.45, 7) is 0. The third kappa shape index (κ3) is 1.57. The Morgan fingerprint density at radius 2 is 2.33 bits per heavy atom. The average Bonchev–Trinajstić information content (AvgIpc) is 1.76. The molecule has 0 saturated carbocycles. The van der Waals surface area contributed by atoms with Crippen LogP contribution in [0.1, 0.15) is 6.42 Å². The molecule has 0 N–H and O–H groups in total. The van der Waals surface area contributed by atoms with Gasteiger partial charge in [-0.3, -0.25) is 6.08 Å². The Hall–Kier alpha value is 0.168. The van der Waals surface area contributed by atoms with Gasteiger partial charge in [0.05, 0.1) is 0 Å². The third-order valence-corrected chi connectivity index (χ3v) is 0.586. The normalized spacial score (nSPS) is 14.7. The molecule has 0 amide bonds. The fourth-order valence-electron chi connectivity index (χ4n) is 0.340. The Morgan fingerprint density at radius 3 is 2.50 bits per heavy atom. The van der Waals surface area contributed by atoms with E-state index in [2.05, 4.69) is 12.2 Å². The molecule has 0 heterocycles. The summed E-state index contributed by atoms with van der Waals surface area (Å²) in [5.41, 5.74) is 0. The van der Waals surface area contributed by atoms with Gasteiger partial charge >= 0.3 is 0 Å². The molecule has 0 aromatic rings. The minimum absolute atomic E-state index is 0. The largest absolute Gasteiger partial charge is 0.273 e. The van der Waals surface area contributed by atoms with Crippen molar-refractivity contribution in [2.24, 2.45) is 0 Å². The van der Waals surface area contributed by atoms with Crippen LogP contribution in [0.2, 0.25) is 0 Å². The molecule has 0 aromatic heterocycles. The Morgan fingerprint density at radius 1 is 1.50 bits per heavy atom. The molecule has 0 spiro atoms. The molecule has 0 radical (unpaired) electrons. The zero-order valence-electron chi connectivity index (χ0n) is 3.35. The van der Waals surface area contributed by atoms with E-state index in [0.29, 0.717) is 0 Å². The van der Waals surface area contributed by atoms with Crippen molar-refractivity contribution in [3.8, 4) is 0 Å². The van der Waals surface area contributed by atoms with E-state index >= 15 is 0 Å². The van der Waals surface area contributed by atoms with Gasteiger partial charge in [-0.1, -0.05) is 0 Å². The number of rotatable bonds is 0. The average molecular weight is 161 g/mol. The predicted molar refractivity (Wildman–Crippen MR) is 21.6 cm³/mol. The molecule has 6 heavy (non-hydrogen) atoms. The zero-order chi connectivity index (χ0) is 3.54. The maximum Gasteiger partial charge on any atom is 0 e. The molecule has 0 atom stereocenters. The second-order valence-corrected chi connectivity index (χ2v) is 1.00. The molecular formula is C5H5Mo-. The molecule has 32 valence electrons. The molecule has 0 aromatic carbocycles. The minimum Gasteiger partial charge on any atom is -0.273 e. The first-order chi connectivity index (χ1) is 2.50. The monoisotopic (exact) mass is 163 g/mol. The maximum atomic E-state index is 2.99. The van der Waals surface area contributed by atoms with Gasteiger partial charge in [-0.15, -0.1) is 6.42 Å². The van der Waals surface area contributed by atoms with E-state index in [1.54, 1.807) is 0 Å². The Balaban J connectivity index is 0.000000250. The summed E-state index contributed by atoms with van der Waals surface area (Å²) in [4.78, 5) is 0. The number of hydrogen-bond acceptors (Lipinski definition) is 0. The van der Waals surface area contributed by atoms with Gasteiger partial charge < -0.3 is 0 Å². The molecule has 1 heteroatoms. The standard InChI is InChI=1S/C5H5.Mo/c1-2-4-5-3-1;/h1-3H,4H2;/q-1;. The van der Waals surface area contributed by atoms with Crippen molar-refractivity contribution in [1.29, 1.82) is 0 Å². The van der Waals surface area contributed by atoms with Crippen LogP contribution in [-0.4, -0.2) is 0 Å². The molecule has 1 aliphatic rings. The quantitative estimate of drug-likeness (QED) is 0.371. The first-order valence-corrected chi connectivity index (χ1v) is 1.72. The molecule has 0 bridgehead atoms. The van der Waals surface area contributed by atoms with Gasteiger partial charge in [0.15, 0.2) is 0 Å². The smallest absolute Gasteiger partial charge is 0 e. The first kappa shape index (κ1) is 6.17. The molecule has 0 unspecified atom stereocenters. The predicted octanol–water partition coefficient (Wildman–Crippen LogP) is 1.30. The molecular weight excluding hydrogens is 156 g/mol.